The van der Waals surface area contributed by atoms with Gasteiger partial charge in [-0.3, -0.25) is 9.59 Å². The Morgan fingerprint density at radius 1 is 1.19 bits per heavy atom. The van der Waals surface area contributed by atoms with Crippen molar-refractivity contribution in [1.29, 1.82) is 0 Å². The molecule has 1 fully saturated rings. The predicted molar refractivity (Wildman–Crippen MR) is 99.2 cm³/mol. The largest absolute Gasteiger partial charge is 0.497 e. The van der Waals surface area contributed by atoms with Crippen LogP contribution < -0.4 is 15.4 Å². The lowest BCUT2D eigenvalue weighted by molar-refractivity contribution is -0.128. The van der Waals surface area contributed by atoms with E-state index in [9.17, 15) is 9.59 Å². The summed E-state index contributed by atoms with van der Waals surface area (Å²) in [6, 6.07) is 13.3. The molecule has 1 unspecified atom stereocenters. The summed E-state index contributed by atoms with van der Waals surface area (Å²) in [6.07, 6.45) is 1.16. The average Bonchev–Trinajstić information content (AvgIpc) is 3.18. The fourth-order valence-electron chi connectivity index (χ4n) is 3.50. The average molecular weight is 351 g/mol. The molecule has 0 aliphatic carbocycles. The number of hydrogen-bond donors (Lipinski definition) is 2. The molecule has 2 heterocycles. The van der Waals surface area contributed by atoms with Crippen molar-refractivity contribution < 1.29 is 14.3 Å². The summed E-state index contributed by atoms with van der Waals surface area (Å²) in [5.41, 5.74) is 3.80. The number of nitrogens with one attached hydrogen (secondary N) is 2. The number of fused-ring (bicyclic) bond motifs is 1. The molecule has 0 spiro atoms. The van der Waals surface area contributed by atoms with Crippen molar-refractivity contribution >= 4 is 23.2 Å². The highest BCUT2D eigenvalue weighted by molar-refractivity contribution is 5.99. The van der Waals surface area contributed by atoms with Crippen LogP contribution in [0.15, 0.2) is 42.5 Å². The first-order valence-corrected chi connectivity index (χ1v) is 8.73. The summed E-state index contributed by atoms with van der Waals surface area (Å²) in [6.45, 7) is 1.33. The molecule has 4 rings (SSSR count). The summed E-state index contributed by atoms with van der Waals surface area (Å²) in [7, 11) is 1.64. The van der Waals surface area contributed by atoms with Gasteiger partial charge in [-0.15, -0.1) is 0 Å². The molecule has 0 aromatic heterocycles. The number of methoxy groups -OCH3 is 1. The van der Waals surface area contributed by atoms with Crippen LogP contribution in [0.5, 0.6) is 5.75 Å². The zero-order valence-corrected chi connectivity index (χ0v) is 14.6. The number of nitrogens with zero attached hydrogens (tertiary/aromatic N) is 1. The zero-order chi connectivity index (χ0) is 18.1. The Bertz CT molecular complexity index is 848. The van der Waals surface area contributed by atoms with E-state index in [4.69, 9.17) is 4.74 Å². The van der Waals surface area contributed by atoms with E-state index in [0.29, 0.717) is 13.0 Å². The van der Waals surface area contributed by atoms with E-state index in [2.05, 4.69) is 10.6 Å². The van der Waals surface area contributed by atoms with Crippen LogP contribution in [-0.2, 0) is 22.6 Å². The molecule has 6 nitrogen and oxygen atoms in total. The fourth-order valence-corrected chi connectivity index (χ4v) is 3.50. The Kier molecular flexibility index (Phi) is 4.24. The summed E-state index contributed by atoms with van der Waals surface area (Å²) < 4.78 is 5.17. The molecule has 2 aromatic rings. The van der Waals surface area contributed by atoms with Crippen LogP contribution in [0.1, 0.15) is 17.5 Å². The topological polar surface area (TPSA) is 70.7 Å². The van der Waals surface area contributed by atoms with Gasteiger partial charge < -0.3 is 20.3 Å². The lowest BCUT2D eigenvalue weighted by atomic mass is 10.1. The third-order valence-electron chi connectivity index (χ3n) is 4.90. The van der Waals surface area contributed by atoms with Crippen LogP contribution in [0.2, 0.25) is 0 Å². The highest BCUT2D eigenvalue weighted by Crippen LogP contribution is 2.27. The van der Waals surface area contributed by atoms with Gasteiger partial charge in [-0.05, 0) is 47.9 Å². The van der Waals surface area contributed by atoms with Gasteiger partial charge in [0.2, 0.25) is 11.8 Å². The Labute approximate surface area is 152 Å². The lowest BCUT2D eigenvalue weighted by Gasteiger charge is -2.18. The Hall–Kier alpha value is -3.02. The van der Waals surface area contributed by atoms with E-state index in [0.717, 1.165) is 41.2 Å². The number of benzene rings is 2. The highest BCUT2D eigenvalue weighted by Gasteiger charge is 2.31. The van der Waals surface area contributed by atoms with E-state index >= 15 is 0 Å². The first kappa shape index (κ1) is 16.4. The molecule has 1 saturated heterocycles. The molecule has 0 bridgehead atoms. The van der Waals surface area contributed by atoms with Gasteiger partial charge in [-0.2, -0.15) is 0 Å². The van der Waals surface area contributed by atoms with Gasteiger partial charge in [0.25, 0.3) is 0 Å². The van der Waals surface area contributed by atoms with Gasteiger partial charge in [0.15, 0.2) is 0 Å². The normalized spacial score (nSPS) is 18.7. The highest BCUT2D eigenvalue weighted by atomic mass is 16.5. The molecule has 6 heteroatoms. The second-order valence-corrected chi connectivity index (χ2v) is 6.69. The number of hydrogen-bond acceptors (Lipinski definition) is 4. The van der Waals surface area contributed by atoms with Crippen LogP contribution in [0.3, 0.4) is 0 Å². The third kappa shape index (κ3) is 3.22. The number of ether oxygens (including phenoxy) is 1. The Balaban J connectivity index is 1.39. The molecule has 2 amide bonds. The molecular weight excluding hydrogens is 330 g/mol. The molecule has 2 aliphatic heterocycles. The van der Waals surface area contributed by atoms with Crippen molar-refractivity contribution in [2.24, 2.45) is 0 Å². The molecule has 2 aromatic carbocycles. The molecule has 134 valence electrons. The standard InChI is InChI=1S/C20H21N3O3/c1-26-16-5-2-13(3-6-16)12-23-9-8-18(20(23)25)21-15-4-7-17-14(10-15)11-19(24)22-17/h2-7,10,18,21H,8-9,11-12H2,1H3,(H,22,24). The zero-order valence-electron chi connectivity index (χ0n) is 14.6. The maximum absolute atomic E-state index is 12.7. The first-order chi connectivity index (χ1) is 12.6. The summed E-state index contributed by atoms with van der Waals surface area (Å²) >= 11 is 0. The maximum atomic E-state index is 12.7. The first-order valence-electron chi connectivity index (χ1n) is 8.73. The molecule has 26 heavy (non-hydrogen) atoms. The summed E-state index contributed by atoms with van der Waals surface area (Å²) in [5, 5.41) is 6.14. The van der Waals surface area contributed by atoms with Crippen molar-refractivity contribution in [1.82, 2.24) is 4.90 Å². The van der Waals surface area contributed by atoms with Crippen LogP contribution in [0.25, 0.3) is 0 Å². The number of amides is 2. The van der Waals surface area contributed by atoms with E-state index in [-0.39, 0.29) is 17.9 Å². The lowest BCUT2D eigenvalue weighted by Crippen LogP contribution is -2.33. The molecule has 0 radical (unpaired) electrons. The third-order valence-corrected chi connectivity index (χ3v) is 4.90. The van der Waals surface area contributed by atoms with Gasteiger partial charge in [0, 0.05) is 24.5 Å². The monoisotopic (exact) mass is 351 g/mol. The number of rotatable bonds is 5. The Morgan fingerprint density at radius 2 is 2.00 bits per heavy atom. The van der Waals surface area contributed by atoms with Gasteiger partial charge in [-0.25, -0.2) is 0 Å². The summed E-state index contributed by atoms with van der Waals surface area (Å²) in [5.74, 6) is 0.931. The number of carbonyl (C=O) groups is 2. The maximum Gasteiger partial charge on any atom is 0.245 e. The van der Waals surface area contributed by atoms with Crippen molar-refractivity contribution in [3.63, 3.8) is 0 Å². The quantitative estimate of drug-likeness (QED) is 0.868. The second-order valence-electron chi connectivity index (χ2n) is 6.69. The fraction of sp³-hybridized carbons (Fsp3) is 0.300. The van der Waals surface area contributed by atoms with Gasteiger partial charge in [-0.1, -0.05) is 12.1 Å². The SMILES string of the molecule is COc1ccc(CN2CCC(Nc3ccc4c(c3)CC(=O)N4)C2=O)cc1. The second kappa shape index (κ2) is 6.71. The van der Waals surface area contributed by atoms with E-state index in [1.54, 1.807) is 7.11 Å². The van der Waals surface area contributed by atoms with Crippen LogP contribution in [0, 0.1) is 0 Å². The van der Waals surface area contributed by atoms with Crippen molar-refractivity contribution in [3.8, 4) is 5.75 Å². The number of anilines is 2. The van der Waals surface area contributed by atoms with Crippen molar-refractivity contribution in [3.05, 3.63) is 53.6 Å². The number of likely N-dealkylation sites (tertiary alicyclic amines) is 1. The van der Waals surface area contributed by atoms with Gasteiger partial charge in [0.05, 0.1) is 13.5 Å². The van der Waals surface area contributed by atoms with Crippen LogP contribution >= 0.6 is 0 Å². The molecule has 1 atom stereocenters. The van der Waals surface area contributed by atoms with E-state index < -0.39 is 0 Å². The van der Waals surface area contributed by atoms with Gasteiger partial charge in [0.1, 0.15) is 11.8 Å². The molecule has 0 saturated carbocycles. The molecule has 2 aliphatic rings. The minimum Gasteiger partial charge on any atom is -0.497 e. The van der Waals surface area contributed by atoms with Crippen LogP contribution in [0.4, 0.5) is 11.4 Å². The van der Waals surface area contributed by atoms with E-state index in [1.807, 2.05) is 47.4 Å². The smallest absolute Gasteiger partial charge is 0.245 e. The van der Waals surface area contributed by atoms with Gasteiger partial charge >= 0.3 is 0 Å². The van der Waals surface area contributed by atoms with Crippen molar-refractivity contribution in [2.45, 2.75) is 25.4 Å². The molecule has 2 N–H and O–H groups in total. The predicted octanol–water partition coefficient (Wildman–Crippen LogP) is 2.40. The summed E-state index contributed by atoms with van der Waals surface area (Å²) in [4.78, 5) is 26.0. The molecular formula is C20H21N3O3. The van der Waals surface area contributed by atoms with E-state index in [1.165, 1.54) is 0 Å². The minimum atomic E-state index is -0.226. The Morgan fingerprint density at radius 3 is 2.77 bits per heavy atom. The minimum absolute atomic E-state index is 0.0137. The van der Waals surface area contributed by atoms with Crippen molar-refractivity contribution in [2.75, 3.05) is 24.3 Å². The number of carbonyl (C=O) groups excluding carboxylic acids is 2. The van der Waals surface area contributed by atoms with Crippen LogP contribution in [-0.4, -0.2) is 36.4 Å².